The third-order valence-corrected chi connectivity index (χ3v) is 8.07. The van der Waals surface area contributed by atoms with Crippen molar-refractivity contribution in [2.24, 2.45) is 5.92 Å². The molecule has 5 rings (SSSR count). The van der Waals surface area contributed by atoms with Crippen molar-refractivity contribution >= 4 is 55.0 Å². The lowest BCUT2D eigenvalue weighted by molar-refractivity contribution is -0.145. The number of benzene rings is 1. The lowest BCUT2D eigenvalue weighted by atomic mass is 9.97. The molecule has 2 unspecified atom stereocenters. The van der Waals surface area contributed by atoms with Gasteiger partial charge in [0.15, 0.2) is 10.3 Å². The van der Waals surface area contributed by atoms with E-state index in [1.54, 1.807) is 13.0 Å². The van der Waals surface area contributed by atoms with Gasteiger partial charge in [0.25, 0.3) is 0 Å². The monoisotopic (exact) mass is 474 g/mol. The van der Waals surface area contributed by atoms with E-state index in [2.05, 4.69) is 20.2 Å². The number of rotatable bonds is 5. The van der Waals surface area contributed by atoms with Crippen LogP contribution in [0.2, 0.25) is 0 Å². The van der Waals surface area contributed by atoms with Crippen molar-refractivity contribution in [1.29, 1.82) is 0 Å². The first kappa shape index (κ1) is 21.3. The molecule has 2 aromatic heterocycles. The van der Waals surface area contributed by atoms with Gasteiger partial charge >= 0.3 is 5.97 Å². The quantitative estimate of drug-likeness (QED) is 0.554. The summed E-state index contributed by atoms with van der Waals surface area (Å²) in [6.45, 7) is 3.46. The number of thiazole rings is 2. The topological polar surface area (TPSA) is 84.4 Å². The van der Waals surface area contributed by atoms with Crippen LogP contribution in [0, 0.1) is 11.7 Å². The van der Waals surface area contributed by atoms with Crippen LogP contribution in [-0.2, 0) is 20.7 Å². The number of carbonyl (C=O) groups excluding carboxylic acids is 2. The summed E-state index contributed by atoms with van der Waals surface area (Å²) in [5.74, 6) is -1.20. The average Bonchev–Trinajstić information content (AvgIpc) is 3.48. The van der Waals surface area contributed by atoms with E-state index in [4.69, 9.17) is 4.74 Å². The molecule has 1 N–H and O–H groups in total. The summed E-state index contributed by atoms with van der Waals surface area (Å²) in [6, 6.07) is 4.96. The van der Waals surface area contributed by atoms with Gasteiger partial charge in [-0.15, -0.1) is 11.3 Å². The number of para-hydroxylation sites is 1. The Morgan fingerprint density at radius 1 is 1.28 bits per heavy atom. The molecule has 1 saturated heterocycles. The molecule has 0 bridgehead atoms. The number of aromatic nitrogens is 2. The fourth-order valence-corrected chi connectivity index (χ4v) is 6.42. The Bertz CT molecular complexity index is 1180. The highest BCUT2D eigenvalue weighted by Gasteiger charge is 2.34. The standard InChI is InChI=1S/C22H23FN4O3S2/c1-2-30-20(29)13-8-9-16-17(13)24-21(31-16)26-19(28)12-5-4-10-27(11-12)22-25-18-14(23)6-3-7-15(18)32-22/h3,6-7,12-13H,2,4-5,8-11H2,1H3,(H,24,26,28). The number of esters is 1. The number of amides is 1. The molecule has 0 spiro atoms. The summed E-state index contributed by atoms with van der Waals surface area (Å²) in [4.78, 5) is 37.3. The lowest BCUT2D eigenvalue weighted by Crippen LogP contribution is -2.40. The Morgan fingerprint density at radius 3 is 2.97 bits per heavy atom. The van der Waals surface area contributed by atoms with Gasteiger partial charge in [-0.3, -0.25) is 9.59 Å². The van der Waals surface area contributed by atoms with Crippen molar-refractivity contribution in [3.8, 4) is 0 Å². The van der Waals surface area contributed by atoms with E-state index >= 15 is 0 Å². The number of aryl methyl sites for hydroxylation is 1. The number of hydrogen-bond donors (Lipinski definition) is 1. The van der Waals surface area contributed by atoms with Crippen LogP contribution in [0.1, 0.15) is 42.7 Å². The Morgan fingerprint density at radius 2 is 2.16 bits per heavy atom. The number of ether oxygens (including phenoxy) is 1. The van der Waals surface area contributed by atoms with Crippen molar-refractivity contribution in [2.75, 3.05) is 29.9 Å². The number of halogens is 1. The zero-order valence-corrected chi connectivity index (χ0v) is 19.2. The fraction of sp³-hybridized carbons (Fsp3) is 0.455. The van der Waals surface area contributed by atoms with Crippen LogP contribution in [0.25, 0.3) is 10.2 Å². The minimum atomic E-state index is -0.337. The predicted octanol–water partition coefficient (Wildman–Crippen LogP) is 4.34. The molecular weight excluding hydrogens is 451 g/mol. The van der Waals surface area contributed by atoms with E-state index in [1.165, 1.54) is 28.7 Å². The van der Waals surface area contributed by atoms with Gasteiger partial charge in [-0.05, 0) is 44.7 Å². The van der Waals surface area contributed by atoms with Gasteiger partial charge < -0.3 is 15.0 Å². The number of carbonyl (C=O) groups is 2. The van der Waals surface area contributed by atoms with Gasteiger partial charge in [0.2, 0.25) is 5.91 Å². The molecule has 10 heteroatoms. The Labute approximate surface area is 192 Å². The molecule has 1 fully saturated rings. The molecule has 168 valence electrons. The predicted molar refractivity (Wildman–Crippen MR) is 123 cm³/mol. The number of nitrogens with one attached hydrogen (secondary N) is 1. The van der Waals surface area contributed by atoms with Crippen LogP contribution < -0.4 is 10.2 Å². The van der Waals surface area contributed by atoms with Crippen molar-refractivity contribution in [3.05, 3.63) is 34.6 Å². The molecule has 1 aromatic carbocycles. The zero-order valence-electron chi connectivity index (χ0n) is 17.6. The maximum atomic E-state index is 14.0. The summed E-state index contributed by atoms with van der Waals surface area (Å²) >= 11 is 2.89. The largest absolute Gasteiger partial charge is 0.465 e. The second kappa shape index (κ2) is 8.74. The second-order valence-corrected chi connectivity index (χ2v) is 10.1. The number of anilines is 2. The smallest absolute Gasteiger partial charge is 0.315 e. The maximum Gasteiger partial charge on any atom is 0.315 e. The van der Waals surface area contributed by atoms with Crippen molar-refractivity contribution in [2.45, 2.75) is 38.5 Å². The van der Waals surface area contributed by atoms with E-state index in [-0.39, 0.29) is 29.5 Å². The summed E-state index contributed by atoms with van der Waals surface area (Å²) < 4.78 is 20.0. The summed E-state index contributed by atoms with van der Waals surface area (Å²) in [5, 5.41) is 4.23. The van der Waals surface area contributed by atoms with Crippen LogP contribution in [-0.4, -0.2) is 41.5 Å². The van der Waals surface area contributed by atoms with E-state index in [1.807, 2.05) is 6.07 Å². The molecule has 3 aromatic rings. The highest BCUT2D eigenvalue weighted by atomic mass is 32.1. The second-order valence-electron chi connectivity index (χ2n) is 8.03. The van der Waals surface area contributed by atoms with Gasteiger partial charge in [0, 0.05) is 18.0 Å². The van der Waals surface area contributed by atoms with Crippen LogP contribution in [0.15, 0.2) is 18.2 Å². The van der Waals surface area contributed by atoms with Crippen LogP contribution in [0.3, 0.4) is 0 Å². The Hall–Kier alpha value is -2.59. The first-order valence-electron chi connectivity index (χ1n) is 10.8. The van der Waals surface area contributed by atoms with Gasteiger partial charge in [0.1, 0.15) is 17.3 Å². The van der Waals surface area contributed by atoms with Crippen LogP contribution in [0.5, 0.6) is 0 Å². The molecule has 32 heavy (non-hydrogen) atoms. The number of hydrogen-bond acceptors (Lipinski definition) is 8. The van der Waals surface area contributed by atoms with Gasteiger partial charge in [0.05, 0.1) is 22.9 Å². The van der Waals surface area contributed by atoms with Gasteiger partial charge in [-0.25, -0.2) is 14.4 Å². The molecule has 7 nitrogen and oxygen atoms in total. The Kier molecular flexibility index (Phi) is 5.81. The molecule has 0 saturated carbocycles. The zero-order chi connectivity index (χ0) is 22.2. The SMILES string of the molecule is CCOC(=O)C1CCc2sc(NC(=O)C3CCCN(c4nc5c(F)cccc5s4)C3)nc21. The maximum absolute atomic E-state index is 14.0. The molecule has 0 radical (unpaired) electrons. The van der Waals surface area contributed by atoms with Gasteiger partial charge in [-0.1, -0.05) is 17.4 Å². The summed E-state index contributed by atoms with van der Waals surface area (Å²) in [6.07, 6.45) is 3.12. The van der Waals surface area contributed by atoms with E-state index in [9.17, 15) is 14.0 Å². The third-order valence-electron chi connectivity index (χ3n) is 5.94. The molecule has 1 amide bonds. The number of piperidine rings is 1. The van der Waals surface area contributed by atoms with Crippen molar-refractivity contribution < 1.29 is 18.7 Å². The third kappa shape index (κ3) is 3.97. The molecule has 2 atom stereocenters. The highest BCUT2D eigenvalue weighted by Crippen LogP contribution is 2.39. The minimum absolute atomic E-state index is 0.0814. The Balaban J connectivity index is 1.27. The first-order chi connectivity index (χ1) is 15.5. The number of nitrogens with zero attached hydrogens (tertiary/aromatic N) is 3. The van der Waals surface area contributed by atoms with E-state index in [0.717, 1.165) is 46.2 Å². The van der Waals surface area contributed by atoms with Crippen LogP contribution >= 0.6 is 22.7 Å². The molecule has 1 aliphatic carbocycles. The van der Waals surface area contributed by atoms with Crippen LogP contribution in [0.4, 0.5) is 14.7 Å². The number of fused-ring (bicyclic) bond motifs is 2. The first-order valence-corrected chi connectivity index (χ1v) is 12.4. The summed E-state index contributed by atoms with van der Waals surface area (Å²) in [7, 11) is 0. The van der Waals surface area contributed by atoms with Crippen molar-refractivity contribution in [3.63, 3.8) is 0 Å². The molecule has 1 aliphatic heterocycles. The normalized spacial score (nSPS) is 20.4. The molecule has 3 heterocycles. The minimum Gasteiger partial charge on any atom is -0.465 e. The average molecular weight is 475 g/mol. The molecule has 2 aliphatic rings. The molecular formula is C22H23FN4O3S2. The fourth-order valence-electron chi connectivity index (χ4n) is 4.36. The van der Waals surface area contributed by atoms with E-state index in [0.29, 0.717) is 30.2 Å². The summed E-state index contributed by atoms with van der Waals surface area (Å²) in [5.41, 5.74) is 1.12. The highest BCUT2D eigenvalue weighted by molar-refractivity contribution is 7.22. The van der Waals surface area contributed by atoms with Gasteiger partial charge in [-0.2, -0.15) is 0 Å². The lowest BCUT2D eigenvalue weighted by Gasteiger charge is -2.31. The van der Waals surface area contributed by atoms with E-state index < -0.39 is 0 Å². The van der Waals surface area contributed by atoms with Crippen molar-refractivity contribution in [1.82, 2.24) is 9.97 Å².